The topological polar surface area (TPSA) is 84.0 Å². The van der Waals surface area contributed by atoms with Crippen LogP contribution in [0.15, 0.2) is 30.5 Å². The number of amides is 2. The minimum atomic E-state index is -0.141. The van der Waals surface area contributed by atoms with Crippen molar-refractivity contribution in [2.45, 2.75) is 41.0 Å². The van der Waals surface area contributed by atoms with Crippen LogP contribution in [0.1, 0.15) is 39.8 Å². The molecule has 2 amide bonds. The van der Waals surface area contributed by atoms with Crippen LogP contribution in [0.5, 0.6) is 0 Å². The van der Waals surface area contributed by atoms with Crippen LogP contribution in [0, 0.1) is 12.3 Å². The Morgan fingerprint density at radius 2 is 1.86 bits per heavy atom. The number of hydrogen-bond acceptors (Lipinski definition) is 5. The molecule has 7 heteroatoms. The van der Waals surface area contributed by atoms with E-state index in [0.717, 1.165) is 32.7 Å². The number of benzene rings is 1. The van der Waals surface area contributed by atoms with Crippen LogP contribution >= 0.6 is 11.3 Å². The Kier molecular flexibility index (Phi) is 5.47. The standard InChI is InChI=1S/C21H24N4O2S/c1-12-17(24-19(27)10-21(3,4)5)8-15(11-22-12)14-6-7-16-18(9-14)28-20(25-16)23-13(2)26/h6-9,11H,10H2,1-5H3,(H,24,27)(H,23,25,26). The van der Waals surface area contributed by atoms with Crippen LogP contribution in [0.4, 0.5) is 10.8 Å². The molecule has 0 atom stereocenters. The van der Waals surface area contributed by atoms with E-state index in [9.17, 15) is 9.59 Å². The quantitative estimate of drug-likeness (QED) is 0.650. The number of anilines is 2. The number of aryl methyl sites for hydroxylation is 1. The first-order valence-electron chi connectivity index (χ1n) is 9.06. The lowest BCUT2D eigenvalue weighted by molar-refractivity contribution is -0.118. The third-order valence-corrected chi connectivity index (χ3v) is 4.99. The van der Waals surface area contributed by atoms with Gasteiger partial charge in [0, 0.05) is 25.1 Å². The molecule has 0 radical (unpaired) electrons. The smallest absolute Gasteiger partial charge is 0.224 e. The highest BCUT2D eigenvalue weighted by atomic mass is 32.1. The lowest BCUT2D eigenvalue weighted by Gasteiger charge is -2.18. The zero-order chi connectivity index (χ0) is 20.5. The number of thiazole rings is 1. The Morgan fingerprint density at radius 3 is 2.54 bits per heavy atom. The van der Waals surface area contributed by atoms with E-state index in [1.165, 1.54) is 18.3 Å². The number of aromatic nitrogens is 2. The fraction of sp³-hybridized carbons (Fsp3) is 0.333. The number of fused-ring (bicyclic) bond motifs is 1. The molecule has 3 rings (SSSR count). The summed E-state index contributed by atoms with van der Waals surface area (Å²) < 4.78 is 0.972. The van der Waals surface area contributed by atoms with Crippen molar-refractivity contribution >= 4 is 44.2 Å². The van der Waals surface area contributed by atoms with Crippen molar-refractivity contribution in [2.75, 3.05) is 10.6 Å². The first-order valence-corrected chi connectivity index (χ1v) is 9.87. The Hall–Kier alpha value is -2.80. The van der Waals surface area contributed by atoms with Crippen molar-refractivity contribution in [2.24, 2.45) is 5.41 Å². The van der Waals surface area contributed by atoms with Gasteiger partial charge in [-0.15, -0.1) is 0 Å². The average Bonchev–Trinajstić information content (AvgIpc) is 2.95. The molecule has 6 nitrogen and oxygen atoms in total. The Balaban J connectivity index is 1.89. The maximum absolute atomic E-state index is 12.3. The Labute approximate surface area is 168 Å². The van der Waals surface area contributed by atoms with Gasteiger partial charge in [0.15, 0.2) is 5.13 Å². The molecule has 0 saturated carbocycles. The molecule has 0 spiro atoms. The van der Waals surface area contributed by atoms with Crippen LogP contribution in [0.25, 0.3) is 21.3 Å². The molecule has 1 aromatic carbocycles. The molecule has 0 aliphatic carbocycles. The summed E-state index contributed by atoms with van der Waals surface area (Å²) in [7, 11) is 0. The van der Waals surface area contributed by atoms with E-state index in [2.05, 4.69) is 20.6 Å². The highest BCUT2D eigenvalue weighted by Gasteiger charge is 2.17. The number of rotatable bonds is 4. The zero-order valence-electron chi connectivity index (χ0n) is 16.7. The Bertz CT molecular complexity index is 1050. The second-order valence-electron chi connectivity index (χ2n) is 8.03. The van der Waals surface area contributed by atoms with Crippen molar-refractivity contribution in [3.8, 4) is 11.1 Å². The van der Waals surface area contributed by atoms with Crippen LogP contribution in [0.2, 0.25) is 0 Å². The molecule has 0 saturated heterocycles. The summed E-state index contributed by atoms with van der Waals surface area (Å²) in [6, 6.07) is 7.85. The summed E-state index contributed by atoms with van der Waals surface area (Å²) in [6.45, 7) is 9.45. The predicted octanol–water partition coefficient (Wildman–Crippen LogP) is 5.00. The van der Waals surface area contributed by atoms with Gasteiger partial charge in [0.25, 0.3) is 0 Å². The number of nitrogens with zero attached hydrogens (tertiary/aromatic N) is 2. The average molecular weight is 397 g/mol. The van der Waals surface area contributed by atoms with Gasteiger partial charge in [-0.05, 0) is 36.1 Å². The lowest BCUT2D eigenvalue weighted by atomic mass is 9.92. The molecule has 3 aromatic rings. The molecule has 0 fully saturated rings. The highest BCUT2D eigenvalue weighted by molar-refractivity contribution is 7.22. The van der Waals surface area contributed by atoms with Gasteiger partial charge in [0.1, 0.15) is 0 Å². The fourth-order valence-electron chi connectivity index (χ4n) is 2.80. The minimum absolute atomic E-state index is 0.0209. The maximum atomic E-state index is 12.3. The zero-order valence-corrected chi connectivity index (χ0v) is 17.5. The summed E-state index contributed by atoms with van der Waals surface area (Å²) >= 11 is 1.43. The third kappa shape index (κ3) is 4.92. The van der Waals surface area contributed by atoms with Crippen molar-refractivity contribution in [1.82, 2.24) is 9.97 Å². The number of hydrogen-bond donors (Lipinski definition) is 2. The Morgan fingerprint density at radius 1 is 1.11 bits per heavy atom. The molecular formula is C21H24N4O2S. The van der Waals surface area contributed by atoms with Crippen LogP contribution in [-0.2, 0) is 9.59 Å². The number of nitrogens with one attached hydrogen (secondary N) is 2. The summed E-state index contributed by atoms with van der Waals surface area (Å²) in [5, 5.41) is 6.28. The fourth-order valence-corrected chi connectivity index (χ4v) is 3.75. The van der Waals surface area contributed by atoms with Crippen molar-refractivity contribution < 1.29 is 9.59 Å². The molecule has 0 aliphatic rings. The lowest BCUT2D eigenvalue weighted by Crippen LogP contribution is -2.20. The van der Waals surface area contributed by atoms with Gasteiger partial charge in [-0.2, -0.15) is 0 Å². The minimum Gasteiger partial charge on any atom is -0.324 e. The monoisotopic (exact) mass is 396 g/mol. The number of carbonyl (C=O) groups excluding carboxylic acids is 2. The third-order valence-electron chi connectivity index (χ3n) is 4.06. The molecule has 0 aliphatic heterocycles. The van der Waals surface area contributed by atoms with Crippen LogP contribution in [0.3, 0.4) is 0 Å². The maximum Gasteiger partial charge on any atom is 0.224 e. The molecule has 146 valence electrons. The summed E-state index contributed by atoms with van der Waals surface area (Å²) in [5.74, 6) is -0.162. The first-order chi connectivity index (χ1) is 13.1. The van der Waals surface area contributed by atoms with E-state index >= 15 is 0 Å². The van der Waals surface area contributed by atoms with E-state index in [4.69, 9.17) is 0 Å². The van der Waals surface area contributed by atoms with E-state index in [0.29, 0.717) is 11.6 Å². The molecule has 2 heterocycles. The summed E-state index contributed by atoms with van der Waals surface area (Å²) in [5.41, 5.74) is 4.13. The molecule has 0 unspecified atom stereocenters. The van der Waals surface area contributed by atoms with Crippen molar-refractivity contribution in [3.63, 3.8) is 0 Å². The molecule has 2 aromatic heterocycles. The summed E-state index contributed by atoms with van der Waals surface area (Å²) in [4.78, 5) is 32.4. The van der Waals surface area contributed by atoms with Gasteiger partial charge >= 0.3 is 0 Å². The molecule has 28 heavy (non-hydrogen) atoms. The first kappa shape index (κ1) is 19.9. The second-order valence-corrected chi connectivity index (χ2v) is 9.06. The van der Waals surface area contributed by atoms with E-state index in [1.807, 2.05) is 52.0 Å². The van der Waals surface area contributed by atoms with Gasteiger partial charge in [-0.25, -0.2) is 4.98 Å². The molecule has 0 bridgehead atoms. The highest BCUT2D eigenvalue weighted by Crippen LogP contribution is 2.32. The van der Waals surface area contributed by atoms with E-state index < -0.39 is 0 Å². The molecule has 2 N–H and O–H groups in total. The van der Waals surface area contributed by atoms with Gasteiger partial charge in [0.05, 0.1) is 21.6 Å². The normalized spacial score (nSPS) is 11.5. The van der Waals surface area contributed by atoms with Gasteiger partial charge < -0.3 is 10.6 Å². The van der Waals surface area contributed by atoms with Crippen LogP contribution < -0.4 is 10.6 Å². The molecular weight excluding hydrogens is 372 g/mol. The van der Waals surface area contributed by atoms with Crippen molar-refractivity contribution in [3.05, 3.63) is 36.2 Å². The number of carbonyl (C=O) groups is 2. The SMILES string of the molecule is CC(=O)Nc1nc2ccc(-c3cnc(C)c(NC(=O)CC(C)(C)C)c3)cc2s1. The van der Waals surface area contributed by atoms with E-state index in [1.54, 1.807) is 6.20 Å². The van der Waals surface area contributed by atoms with Crippen molar-refractivity contribution in [1.29, 1.82) is 0 Å². The van der Waals surface area contributed by atoms with Gasteiger partial charge in [-0.1, -0.05) is 38.2 Å². The van der Waals surface area contributed by atoms with Gasteiger partial charge in [0.2, 0.25) is 11.8 Å². The predicted molar refractivity (Wildman–Crippen MR) is 115 cm³/mol. The van der Waals surface area contributed by atoms with E-state index in [-0.39, 0.29) is 17.2 Å². The summed E-state index contributed by atoms with van der Waals surface area (Å²) in [6.07, 6.45) is 2.24. The van der Waals surface area contributed by atoms with Gasteiger partial charge in [-0.3, -0.25) is 14.6 Å². The second kappa shape index (κ2) is 7.67. The van der Waals surface area contributed by atoms with Crippen LogP contribution in [-0.4, -0.2) is 21.8 Å². The largest absolute Gasteiger partial charge is 0.324 e. The number of pyridine rings is 1.